The van der Waals surface area contributed by atoms with Gasteiger partial charge in [0.25, 0.3) is 0 Å². The molecule has 29 heavy (non-hydrogen) atoms. The molecular formula is C24H21O4S+. The Bertz CT molecular complexity index is 1200. The van der Waals surface area contributed by atoms with Crippen LogP contribution in [0.5, 0.6) is 0 Å². The third-order valence-electron chi connectivity index (χ3n) is 5.14. The zero-order valence-corrected chi connectivity index (χ0v) is 17.2. The highest BCUT2D eigenvalue weighted by Crippen LogP contribution is 2.49. The van der Waals surface area contributed by atoms with Gasteiger partial charge in [0, 0.05) is 21.2 Å². The summed E-state index contributed by atoms with van der Waals surface area (Å²) in [6, 6.07) is 18.8. The molecule has 0 aliphatic heterocycles. The van der Waals surface area contributed by atoms with Crippen LogP contribution in [0.25, 0.3) is 25.1 Å². The zero-order chi connectivity index (χ0) is 20.9. The van der Waals surface area contributed by atoms with E-state index in [-0.39, 0.29) is 16.5 Å². The number of hydrogen-bond donors (Lipinski definition) is 2. The molecule has 0 saturated heterocycles. The number of thiophene rings is 1. The van der Waals surface area contributed by atoms with E-state index in [2.05, 4.69) is 45.0 Å². The van der Waals surface area contributed by atoms with Gasteiger partial charge in [-0.15, -0.1) is 0 Å². The number of carboxylic acid groups (broad SMARTS) is 2. The summed E-state index contributed by atoms with van der Waals surface area (Å²) in [5.41, 5.74) is 1.69. The maximum Gasteiger partial charge on any atom is 0.335 e. The van der Waals surface area contributed by atoms with Crippen molar-refractivity contribution in [1.82, 2.24) is 0 Å². The highest BCUT2D eigenvalue weighted by molar-refractivity contribution is 7.50. The van der Waals surface area contributed by atoms with Gasteiger partial charge in [0.15, 0.2) is 14.3 Å². The average molecular weight is 405 g/mol. The van der Waals surface area contributed by atoms with Crippen LogP contribution in [-0.2, 0) is 5.41 Å². The first kappa shape index (κ1) is 19.2. The van der Waals surface area contributed by atoms with Crippen LogP contribution in [0.3, 0.4) is 0 Å². The van der Waals surface area contributed by atoms with Gasteiger partial charge in [0.05, 0.1) is 11.1 Å². The molecule has 0 aliphatic rings. The molecule has 2 N–H and O–H groups in total. The van der Waals surface area contributed by atoms with Crippen molar-refractivity contribution in [3.63, 3.8) is 0 Å². The molecule has 0 atom stereocenters. The van der Waals surface area contributed by atoms with Crippen LogP contribution in [0.1, 0.15) is 47.1 Å². The molecule has 0 fully saturated rings. The molecule has 1 aromatic heterocycles. The molecular weight excluding hydrogens is 384 g/mol. The zero-order valence-electron chi connectivity index (χ0n) is 16.4. The van der Waals surface area contributed by atoms with Crippen molar-refractivity contribution in [1.29, 1.82) is 0 Å². The normalized spacial score (nSPS) is 11.8. The minimum Gasteiger partial charge on any atom is -0.478 e. The maximum absolute atomic E-state index is 11.5. The van der Waals surface area contributed by atoms with E-state index < -0.39 is 22.4 Å². The van der Waals surface area contributed by atoms with Gasteiger partial charge in [-0.05, 0) is 59.5 Å². The minimum atomic E-state index is -0.995. The van der Waals surface area contributed by atoms with E-state index in [1.165, 1.54) is 5.56 Å². The van der Waals surface area contributed by atoms with Crippen molar-refractivity contribution in [3.05, 3.63) is 77.4 Å². The Kier molecular flexibility index (Phi) is 4.43. The molecule has 5 heteroatoms. The number of fused-ring (bicyclic) bond motifs is 3. The molecule has 3 aromatic carbocycles. The van der Waals surface area contributed by atoms with Crippen LogP contribution in [0.15, 0.2) is 60.7 Å². The molecule has 1 heterocycles. The summed E-state index contributed by atoms with van der Waals surface area (Å²) in [4.78, 5) is 24.1. The lowest BCUT2D eigenvalue weighted by atomic mass is 9.87. The second-order valence-corrected chi connectivity index (χ2v) is 10.1. The molecule has 4 nitrogen and oxygen atoms in total. The second kappa shape index (κ2) is 6.71. The Morgan fingerprint density at radius 3 is 1.55 bits per heavy atom. The minimum absolute atomic E-state index is 0.0555. The van der Waals surface area contributed by atoms with E-state index in [0.29, 0.717) is 0 Å². The molecule has 0 radical (unpaired) electrons. The Hall–Kier alpha value is -3.18. The predicted octanol–water partition coefficient (Wildman–Crippen LogP) is 6.43. The summed E-state index contributed by atoms with van der Waals surface area (Å²) in [6.45, 7) is 6.52. The first-order valence-corrected chi connectivity index (χ1v) is 10.5. The molecule has 0 saturated carbocycles. The van der Waals surface area contributed by atoms with Crippen molar-refractivity contribution in [2.24, 2.45) is 0 Å². The van der Waals surface area contributed by atoms with Crippen LogP contribution in [0, 0.1) is 0 Å². The lowest BCUT2D eigenvalue weighted by Crippen LogP contribution is -2.10. The van der Waals surface area contributed by atoms with Gasteiger partial charge in [-0.2, -0.15) is 0 Å². The number of carboxylic acids is 2. The fraction of sp³-hybridized carbons (Fsp3) is 0.167. The van der Waals surface area contributed by atoms with E-state index in [1.807, 2.05) is 12.1 Å². The summed E-state index contributed by atoms with van der Waals surface area (Å²) >= 11 is 0. The van der Waals surface area contributed by atoms with Crippen LogP contribution in [-0.4, -0.2) is 22.2 Å². The topological polar surface area (TPSA) is 74.6 Å². The maximum atomic E-state index is 11.5. The summed E-state index contributed by atoms with van der Waals surface area (Å²) in [6.07, 6.45) is 0. The molecule has 4 rings (SSSR count). The first-order valence-electron chi connectivity index (χ1n) is 9.27. The highest BCUT2D eigenvalue weighted by Gasteiger charge is 2.26. The molecule has 4 aromatic rings. The van der Waals surface area contributed by atoms with Crippen LogP contribution >= 0.6 is 10.5 Å². The number of benzene rings is 3. The molecule has 0 spiro atoms. The number of rotatable bonds is 3. The van der Waals surface area contributed by atoms with E-state index in [0.717, 1.165) is 25.1 Å². The Morgan fingerprint density at radius 1 is 0.724 bits per heavy atom. The molecule has 0 unspecified atom stereocenters. The fourth-order valence-corrected chi connectivity index (χ4v) is 5.91. The van der Waals surface area contributed by atoms with E-state index in [1.54, 1.807) is 24.3 Å². The molecule has 0 amide bonds. The van der Waals surface area contributed by atoms with Crippen molar-refractivity contribution in [3.8, 4) is 4.90 Å². The van der Waals surface area contributed by atoms with E-state index in [9.17, 15) is 19.8 Å². The number of hydrogen-bond acceptors (Lipinski definition) is 2. The number of carbonyl (C=O) groups is 2. The second-order valence-electron chi connectivity index (χ2n) is 8.11. The highest BCUT2D eigenvalue weighted by atomic mass is 32.2. The summed E-state index contributed by atoms with van der Waals surface area (Å²) in [5, 5.41) is 20.4. The summed E-state index contributed by atoms with van der Waals surface area (Å²) in [7, 11) is -0.404. The van der Waals surface area contributed by atoms with Gasteiger partial charge in [-0.25, -0.2) is 9.59 Å². The van der Waals surface area contributed by atoms with Crippen molar-refractivity contribution in [2.75, 3.05) is 0 Å². The Labute approximate surface area is 171 Å². The van der Waals surface area contributed by atoms with Crippen LogP contribution in [0.4, 0.5) is 0 Å². The van der Waals surface area contributed by atoms with Gasteiger partial charge >= 0.3 is 11.9 Å². The average Bonchev–Trinajstić information content (AvgIpc) is 3.00. The SMILES string of the molecule is CC(C)(C)c1ccc(-[s+]2c3ccc(C(=O)O)cc3c3cc(C(=O)O)ccc32)cc1. The Morgan fingerprint density at radius 2 is 1.17 bits per heavy atom. The standard InChI is InChI=1S/C24H20O4S/c1-24(2,3)16-6-8-17(9-7-16)29-20-10-4-14(22(25)26)12-18(20)19-13-15(23(27)28)5-11-21(19)29/h4-13H,1-3H3,(H-,25,26,27,28)/p+1. The molecule has 146 valence electrons. The first-order chi connectivity index (χ1) is 13.7. The van der Waals surface area contributed by atoms with Gasteiger partial charge in [0.1, 0.15) is 0 Å². The third-order valence-corrected chi connectivity index (χ3v) is 7.47. The fourth-order valence-electron chi connectivity index (χ4n) is 3.57. The summed E-state index contributed by atoms with van der Waals surface area (Å²) in [5.74, 6) is -1.99. The lowest BCUT2D eigenvalue weighted by Gasteiger charge is -2.18. The largest absolute Gasteiger partial charge is 0.478 e. The lowest BCUT2D eigenvalue weighted by molar-refractivity contribution is 0.0686. The van der Waals surface area contributed by atoms with E-state index in [4.69, 9.17) is 0 Å². The van der Waals surface area contributed by atoms with Crippen molar-refractivity contribution >= 4 is 42.6 Å². The smallest absolute Gasteiger partial charge is 0.335 e. The monoisotopic (exact) mass is 405 g/mol. The van der Waals surface area contributed by atoms with Gasteiger partial charge < -0.3 is 10.2 Å². The Balaban J connectivity index is 2.04. The number of aromatic carboxylic acids is 2. The molecule has 0 bridgehead atoms. The van der Waals surface area contributed by atoms with Gasteiger partial charge in [0.2, 0.25) is 0 Å². The summed E-state index contributed by atoms with van der Waals surface area (Å²) < 4.78 is 2.05. The van der Waals surface area contributed by atoms with Crippen LogP contribution < -0.4 is 0 Å². The van der Waals surface area contributed by atoms with Gasteiger partial charge in [-0.1, -0.05) is 32.9 Å². The quantitative estimate of drug-likeness (QED) is 0.385. The van der Waals surface area contributed by atoms with Gasteiger partial charge in [-0.3, -0.25) is 0 Å². The van der Waals surface area contributed by atoms with E-state index >= 15 is 0 Å². The van der Waals surface area contributed by atoms with Crippen LogP contribution in [0.2, 0.25) is 0 Å². The van der Waals surface area contributed by atoms with Crippen molar-refractivity contribution in [2.45, 2.75) is 26.2 Å². The predicted molar refractivity (Wildman–Crippen MR) is 118 cm³/mol. The molecule has 0 aliphatic carbocycles. The third kappa shape index (κ3) is 3.28. The van der Waals surface area contributed by atoms with Crippen molar-refractivity contribution < 1.29 is 19.8 Å².